The van der Waals surface area contributed by atoms with Crippen LogP contribution in [0.4, 0.5) is 5.82 Å². The molecule has 1 aliphatic rings. The Hall–Kier alpha value is -2.89. The fraction of sp³-hybridized carbons (Fsp3) is 0.316. The van der Waals surface area contributed by atoms with Gasteiger partial charge in [0.25, 0.3) is 0 Å². The standard InChI is InChI=1S/C19H21N3O3/c1-13-7-8-20-17(9-13)21-19(24)15-10-18(23)22(12-15)11-14-3-5-16(25-2)6-4-14/h3-9,15H,10-12H2,1-2H3,(H,20,21,24). The van der Waals surface area contributed by atoms with E-state index in [1.54, 1.807) is 18.2 Å². The molecule has 1 aromatic carbocycles. The van der Waals surface area contributed by atoms with Crippen LogP contribution in [-0.2, 0) is 16.1 Å². The van der Waals surface area contributed by atoms with E-state index in [2.05, 4.69) is 10.3 Å². The highest BCUT2D eigenvalue weighted by Crippen LogP contribution is 2.22. The molecule has 1 fully saturated rings. The quantitative estimate of drug-likeness (QED) is 0.908. The summed E-state index contributed by atoms with van der Waals surface area (Å²) in [5, 5.41) is 2.80. The van der Waals surface area contributed by atoms with E-state index in [-0.39, 0.29) is 24.2 Å². The topological polar surface area (TPSA) is 71.5 Å². The number of aryl methyl sites for hydroxylation is 1. The van der Waals surface area contributed by atoms with E-state index in [1.807, 2.05) is 43.3 Å². The number of ether oxygens (including phenoxy) is 1. The Labute approximate surface area is 146 Å². The zero-order chi connectivity index (χ0) is 17.8. The molecule has 0 bridgehead atoms. The summed E-state index contributed by atoms with van der Waals surface area (Å²) in [6.45, 7) is 2.85. The first-order valence-electron chi connectivity index (χ1n) is 8.19. The van der Waals surface area contributed by atoms with Gasteiger partial charge < -0.3 is 15.0 Å². The highest BCUT2D eigenvalue weighted by molar-refractivity contribution is 5.96. The molecule has 2 aromatic rings. The van der Waals surface area contributed by atoms with E-state index in [4.69, 9.17) is 4.74 Å². The first-order chi connectivity index (χ1) is 12.0. The number of methoxy groups -OCH3 is 1. The lowest BCUT2D eigenvalue weighted by molar-refractivity contribution is -0.128. The molecule has 130 valence electrons. The molecule has 0 aliphatic carbocycles. The number of carbonyl (C=O) groups excluding carboxylic acids is 2. The molecular weight excluding hydrogens is 318 g/mol. The summed E-state index contributed by atoms with van der Waals surface area (Å²) < 4.78 is 5.13. The molecule has 1 atom stereocenters. The van der Waals surface area contributed by atoms with Gasteiger partial charge in [-0.25, -0.2) is 4.98 Å². The lowest BCUT2D eigenvalue weighted by atomic mass is 10.1. The molecule has 2 heterocycles. The van der Waals surface area contributed by atoms with Crippen molar-refractivity contribution in [3.05, 3.63) is 53.7 Å². The van der Waals surface area contributed by atoms with Crippen molar-refractivity contribution in [1.82, 2.24) is 9.88 Å². The minimum Gasteiger partial charge on any atom is -0.497 e. The van der Waals surface area contributed by atoms with Crippen LogP contribution in [0.3, 0.4) is 0 Å². The summed E-state index contributed by atoms with van der Waals surface area (Å²) in [5.41, 5.74) is 2.03. The molecule has 1 saturated heterocycles. The Kier molecular flexibility index (Phi) is 4.97. The van der Waals surface area contributed by atoms with Gasteiger partial charge in [-0.3, -0.25) is 9.59 Å². The van der Waals surface area contributed by atoms with Crippen molar-refractivity contribution in [3.8, 4) is 5.75 Å². The third-order valence-corrected chi connectivity index (χ3v) is 4.28. The third kappa shape index (κ3) is 4.15. The summed E-state index contributed by atoms with van der Waals surface area (Å²) >= 11 is 0. The summed E-state index contributed by atoms with van der Waals surface area (Å²) in [5.74, 6) is 0.773. The van der Waals surface area contributed by atoms with Crippen LogP contribution in [0.5, 0.6) is 5.75 Å². The fourth-order valence-corrected chi connectivity index (χ4v) is 2.88. The van der Waals surface area contributed by atoms with Crippen LogP contribution >= 0.6 is 0 Å². The highest BCUT2D eigenvalue weighted by Gasteiger charge is 2.34. The maximum atomic E-state index is 12.4. The molecule has 1 unspecified atom stereocenters. The van der Waals surface area contributed by atoms with Crippen molar-refractivity contribution in [2.45, 2.75) is 19.9 Å². The Bertz CT molecular complexity index is 774. The second kappa shape index (κ2) is 7.34. The zero-order valence-electron chi connectivity index (χ0n) is 14.4. The van der Waals surface area contributed by atoms with Crippen molar-refractivity contribution in [1.29, 1.82) is 0 Å². The second-order valence-corrected chi connectivity index (χ2v) is 6.23. The minimum absolute atomic E-state index is 0.00632. The van der Waals surface area contributed by atoms with Gasteiger partial charge in [0.2, 0.25) is 11.8 Å². The summed E-state index contributed by atoms with van der Waals surface area (Å²) in [7, 11) is 1.62. The Morgan fingerprint density at radius 2 is 2.08 bits per heavy atom. The molecule has 0 spiro atoms. The van der Waals surface area contributed by atoms with Crippen molar-refractivity contribution < 1.29 is 14.3 Å². The number of aromatic nitrogens is 1. The van der Waals surface area contributed by atoms with Gasteiger partial charge >= 0.3 is 0 Å². The summed E-state index contributed by atoms with van der Waals surface area (Å²) in [6.07, 6.45) is 1.88. The molecule has 1 aliphatic heterocycles. The number of anilines is 1. The predicted octanol–water partition coefficient (Wildman–Crippen LogP) is 2.39. The van der Waals surface area contributed by atoms with Crippen molar-refractivity contribution in [2.24, 2.45) is 5.92 Å². The SMILES string of the molecule is COc1ccc(CN2CC(C(=O)Nc3cc(C)ccn3)CC2=O)cc1. The molecule has 0 saturated carbocycles. The normalized spacial score (nSPS) is 16.8. The van der Waals surface area contributed by atoms with E-state index in [9.17, 15) is 9.59 Å². The van der Waals surface area contributed by atoms with E-state index in [0.717, 1.165) is 16.9 Å². The Morgan fingerprint density at radius 1 is 1.32 bits per heavy atom. The number of rotatable bonds is 5. The number of amides is 2. The number of carbonyl (C=O) groups is 2. The molecule has 3 rings (SSSR count). The fourth-order valence-electron chi connectivity index (χ4n) is 2.88. The average Bonchev–Trinajstić information content (AvgIpc) is 2.96. The van der Waals surface area contributed by atoms with Crippen LogP contribution in [0.15, 0.2) is 42.6 Å². The first-order valence-corrected chi connectivity index (χ1v) is 8.19. The van der Waals surface area contributed by atoms with Gasteiger partial charge in [0.05, 0.1) is 13.0 Å². The molecule has 0 radical (unpaired) electrons. The number of hydrogen-bond donors (Lipinski definition) is 1. The smallest absolute Gasteiger partial charge is 0.230 e. The van der Waals surface area contributed by atoms with Crippen molar-refractivity contribution in [3.63, 3.8) is 0 Å². The predicted molar refractivity (Wildman–Crippen MR) is 94.1 cm³/mol. The van der Waals surface area contributed by atoms with Crippen LogP contribution in [-0.4, -0.2) is 35.4 Å². The van der Waals surface area contributed by atoms with E-state index in [1.165, 1.54) is 0 Å². The number of pyridine rings is 1. The number of likely N-dealkylation sites (tertiary alicyclic amines) is 1. The third-order valence-electron chi connectivity index (χ3n) is 4.28. The van der Waals surface area contributed by atoms with Crippen LogP contribution in [0.2, 0.25) is 0 Å². The first kappa shape index (κ1) is 17.0. The minimum atomic E-state index is -0.354. The molecule has 2 amide bonds. The summed E-state index contributed by atoms with van der Waals surface area (Å²) in [4.78, 5) is 30.5. The lowest BCUT2D eigenvalue weighted by Crippen LogP contribution is -2.28. The number of nitrogens with zero attached hydrogens (tertiary/aromatic N) is 2. The highest BCUT2D eigenvalue weighted by atomic mass is 16.5. The van der Waals surface area contributed by atoms with Gasteiger partial charge in [-0.05, 0) is 42.3 Å². The van der Waals surface area contributed by atoms with Gasteiger partial charge in [0.15, 0.2) is 0 Å². The number of nitrogens with one attached hydrogen (secondary N) is 1. The van der Waals surface area contributed by atoms with Crippen LogP contribution in [0.25, 0.3) is 0 Å². The van der Waals surface area contributed by atoms with E-state index < -0.39 is 0 Å². The number of hydrogen-bond acceptors (Lipinski definition) is 4. The summed E-state index contributed by atoms with van der Waals surface area (Å²) in [6, 6.07) is 11.3. The molecule has 6 heteroatoms. The van der Waals surface area contributed by atoms with Gasteiger partial charge in [0.1, 0.15) is 11.6 Å². The molecule has 1 aromatic heterocycles. The Balaban J connectivity index is 1.60. The van der Waals surface area contributed by atoms with Crippen molar-refractivity contribution in [2.75, 3.05) is 19.0 Å². The average molecular weight is 339 g/mol. The number of benzene rings is 1. The second-order valence-electron chi connectivity index (χ2n) is 6.23. The van der Waals surface area contributed by atoms with Crippen LogP contribution in [0, 0.1) is 12.8 Å². The van der Waals surface area contributed by atoms with E-state index in [0.29, 0.717) is 18.9 Å². The molecule has 1 N–H and O–H groups in total. The van der Waals surface area contributed by atoms with Crippen LogP contribution in [0.1, 0.15) is 17.5 Å². The van der Waals surface area contributed by atoms with Gasteiger partial charge in [0, 0.05) is 25.7 Å². The molecule has 6 nitrogen and oxygen atoms in total. The maximum absolute atomic E-state index is 12.4. The molecular formula is C19H21N3O3. The lowest BCUT2D eigenvalue weighted by Gasteiger charge is -2.17. The zero-order valence-corrected chi connectivity index (χ0v) is 14.4. The molecule has 25 heavy (non-hydrogen) atoms. The largest absolute Gasteiger partial charge is 0.497 e. The van der Waals surface area contributed by atoms with Gasteiger partial charge in [-0.2, -0.15) is 0 Å². The van der Waals surface area contributed by atoms with Gasteiger partial charge in [-0.15, -0.1) is 0 Å². The maximum Gasteiger partial charge on any atom is 0.230 e. The van der Waals surface area contributed by atoms with Crippen LogP contribution < -0.4 is 10.1 Å². The van der Waals surface area contributed by atoms with E-state index >= 15 is 0 Å². The Morgan fingerprint density at radius 3 is 2.76 bits per heavy atom. The van der Waals surface area contributed by atoms with Crippen molar-refractivity contribution >= 4 is 17.6 Å². The monoisotopic (exact) mass is 339 g/mol. The van der Waals surface area contributed by atoms with Gasteiger partial charge in [-0.1, -0.05) is 12.1 Å².